The number of benzene rings is 1. The average molecular weight is 297 g/mol. The molecule has 2 rings (SSSR count). The summed E-state index contributed by atoms with van der Waals surface area (Å²) in [6, 6.07) is 5.16. The quantitative estimate of drug-likeness (QED) is 0.733. The lowest BCUT2D eigenvalue weighted by Crippen LogP contribution is -2.35. The SMILES string of the molecule is O=C(O)CN(c1ccc(O)cc1)S(=O)(=O)c1cnc[nH]1. The molecule has 20 heavy (non-hydrogen) atoms. The van der Waals surface area contributed by atoms with Crippen molar-refractivity contribution in [1.29, 1.82) is 0 Å². The van der Waals surface area contributed by atoms with Gasteiger partial charge in [0.2, 0.25) is 0 Å². The van der Waals surface area contributed by atoms with Gasteiger partial charge in [-0.2, -0.15) is 8.42 Å². The summed E-state index contributed by atoms with van der Waals surface area (Å²) >= 11 is 0. The number of H-pyrrole nitrogens is 1. The van der Waals surface area contributed by atoms with Gasteiger partial charge in [-0.3, -0.25) is 9.10 Å². The van der Waals surface area contributed by atoms with E-state index in [2.05, 4.69) is 9.97 Å². The van der Waals surface area contributed by atoms with E-state index in [1.165, 1.54) is 30.6 Å². The van der Waals surface area contributed by atoms with Crippen molar-refractivity contribution in [3.8, 4) is 5.75 Å². The molecule has 8 nitrogen and oxygen atoms in total. The summed E-state index contributed by atoms with van der Waals surface area (Å²) in [7, 11) is -4.07. The number of carboxylic acid groups (broad SMARTS) is 1. The molecule has 1 aromatic heterocycles. The number of aliphatic carboxylic acids is 1. The maximum atomic E-state index is 12.3. The Labute approximate surface area is 114 Å². The van der Waals surface area contributed by atoms with E-state index in [0.717, 1.165) is 6.20 Å². The number of nitrogens with one attached hydrogen (secondary N) is 1. The Morgan fingerprint density at radius 3 is 2.45 bits per heavy atom. The van der Waals surface area contributed by atoms with Gasteiger partial charge in [0.05, 0.1) is 18.2 Å². The molecule has 0 bridgehead atoms. The number of sulfonamides is 1. The summed E-state index contributed by atoms with van der Waals surface area (Å²) in [5.41, 5.74) is 0.125. The molecule has 0 radical (unpaired) electrons. The van der Waals surface area contributed by atoms with Crippen LogP contribution in [-0.2, 0) is 14.8 Å². The Balaban J connectivity index is 2.48. The van der Waals surface area contributed by atoms with Gasteiger partial charge in [-0.05, 0) is 24.3 Å². The number of hydrogen-bond donors (Lipinski definition) is 3. The molecule has 0 spiro atoms. The van der Waals surface area contributed by atoms with Gasteiger partial charge in [0.15, 0.2) is 5.03 Å². The fourth-order valence-electron chi connectivity index (χ4n) is 1.56. The molecule has 0 atom stereocenters. The fraction of sp³-hybridized carbons (Fsp3) is 0.0909. The number of aromatic nitrogens is 2. The summed E-state index contributed by atoms with van der Waals surface area (Å²) in [5, 5.41) is 17.9. The lowest BCUT2D eigenvalue weighted by Gasteiger charge is -2.21. The molecule has 0 aliphatic heterocycles. The first-order valence-electron chi connectivity index (χ1n) is 5.43. The van der Waals surface area contributed by atoms with Crippen LogP contribution in [0.15, 0.2) is 41.8 Å². The van der Waals surface area contributed by atoms with Crippen LogP contribution < -0.4 is 4.31 Å². The van der Waals surface area contributed by atoms with E-state index in [-0.39, 0.29) is 16.5 Å². The molecule has 9 heteroatoms. The van der Waals surface area contributed by atoms with Crippen LogP contribution in [0.5, 0.6) is 5.75 Å². The fourth-order valence-corrected chi connectivity index (χ4v) is 2.87. The molecule has 0 unspecified atom stereocenters. The monoisotopic (exact) mass is 297 g/mol. The number of aromatic hydroxyl groups is 1. The predicted molar refractivity (Wildman–Crippen MR) is 68.9 cm³/mol. The van der Waals surface area contributed by atoms with Crippen molar-refractivity contribution >= 4 is 21.7 Å². The number of nitrogens with zero attached hydrogens (tertiary/aromatic N) is 2. The number of rotatable bonds is 5. The molecule has 1 aromatic carbocycles. The highest BCUT2D eigenvalue weighted by atomic mass is 32.2. The zero-order valence-electron chi connectivity index (χ0n) is 10.1. The van der Waals surface area contributed by atoms with Gasteiger partial charge in [-0.1, -0.05) is 0 Å². The van der Waals surface area contributed by atoms with Crippen molar-refractivity contribution in [2.24, 2.45) is 0 Å². The van der Waals surface area contributed by atoms with Crippen molar-refractivity contribution in [3.63, 3.8) is 0 Å². The third-order valence-corrected chi connectivity index (χ3v) is 4.16. The smallest absolute Gasteiger partial charge is 0.324 e. The predicted octanol–water partition coefficient (Wildman–Crippen LogP) is 0.395. The first kappa shape index (κ1) is 13.9. The Morgan fingerprint density at radius 2 is 1.95 bits per heavy atom. The van der Waals surface area contributed by atoms with E-state index < -0.39 is 22.5 Å². The van der Waals surface area contributed by atoms with Crippen molar-refractivity contribution in [3.05, 3.63) is 36.8 Å². The van der Waals surface area contributed by atoms with Gasteiger partial charge in [0.1, 0.15) is 12.3 Å². The standard InChI is InChI=1S/C11H11N3O5S/c15-9-3-1-8(2-4-9)14(6-11(16)17)20(18,19)10-5-12-7-13-10/h1-5,7,15H,6H2,(H,12,13)(H,16,17). The zero-order chi connectivity index (χ0) is 14.8. The summed E-state index contributed by atoms with van der Waals surface area (Å²) in [6.45, 7) is -0.744. The van der Waals surface area contributed by atoms with Crippen LogP contribution in [0, 0.1) is 0 Å². The van der Waals surface area contributed by atoms with E-state index in [1.807, 2.05) is 0 Å². The Kier molecular flexibility index (Phi) is 3.61. The molecule has 1 heterocycles. The largest absolute Gasteiger partial charge is 0.508 e. The van der Waals surface area contributed by atoms with Gasteiger partial charge >= 0.3 is 5.97 Å². The van der Waals surface area contributed by atoms with E-state index >= 15 is 0 Å². The Bertz CT molecular complexity index is 694. The maximum Gasteiger partial charge on any atom is 0.324 e. The number of anilines is 1. The van der Waals surface area contributed by atoms with Crippen LogP contribution in [-0.4, -0.2) is 41.1 Å². The number of carboxylic acids is 1. The third-order valence-electron chi connectivity index (χ3n) is 2.46. The van der Waals surface area contributed by atoms with E-state index in [1.54, 1.807) is 0 Å². The molecule has 2 aromatic rings. The highest BCUT2D eigenvalue weighted by Gasteiger charge is 2.28. The number of aromatic amines is 1. The molecular weight excluding hydrogens is 286 g/mol. The number of carbonyl (C=O) groups is 1. The third kappa shape index (κ3) is 2.72. The van der Waals surface area contributed by atoms with Gasteiger partial charge in [-0.25, -0.2) is 4.98 Å². The van der Waals surface area contributed by atoms with Crippen molar-refractivity contribution < 1.29 is 23.4 Å². The maximum absolute atomic E-state index is 12.3. The lowest BCUT2D eigenvalue weighted by molar-refractivity contribution is -0.135. The second-order valence-electron chi connectivity index (χ2n) is 3.84. The molecule has 3 N–H and O–H groups in total. The van der Waals surface area contributed by atoms with Crippen molar-refractivity contribution in [2.45, 2.75) is 5.03 Å². The number of imidazole rings is 1. The number of phenols is 1. The minimum Gasteiger partial charge on any atom is -0.508 e. The molecule has 0 saturated heterocycles. The molecule has 0 amide bonds. The molecule has 106 valence electrons. The van der Waals surface area contributed by atoms with Crippen molar-refractivity contribution in [2.75, 3.05) is 10.8 Å². The van der Waals surface area contributed by atoms with Gasteiger partial charge in [0, 0.05) is 0 Å². The second-order valence-corrected chi connectivity index (χ2v) is 5.67. The van der Waals surface area contributed by atoms with Crippen LogP contribution in [0.4, 0.5) is 5.69 Å². The molecule has 0 saturated carbocycles. The van der Waals surface area contributed by atoms with Crippen molar-refractivity contribution in [1.82, 2.24) is 9.97 Å². The van der Waals surface area contributed by atoms with E-state index in [0.29, 0.717) is 4.31 Å². The Morgan fingerprint density at radius 1 is 1.30 bits per heavy atom. The first-order chi connectivity index (χ1) is 9.41. The normalized spacial score (nSPS) is 11.2. The number of hydrogen-bond acceptors (Lipinski definition) is 5. The second kappa shape index (κ2) is 5.21. The minimum absolute atomic E-state index is 0.0528. The first-order valence-corrected chi connectivity index (χ1v) is 6.87. The lowest BCUT2D eigenvalue weighted by atomic mass is 10.3. The van der Waals surface area contributed by atoms with E-state index in [4.69, 9.17) is 5.11 Å². The van der Waals surface area contributed by atoms with Crippen LogP contribution in [0.1, 0.15) is 0 Å². The summed E-state index contributed by atoms with van der Waals surface area (Å²) in [4.78, 5) is 16.9. The van der Waals surface area contributed by atoms with Gasteiger partial charge in [0.25, 0.3) is 10.0 Å². The molecular formula is C11H11N3O5S. The van der Waals surface area contributed by atoms with Gasteiger partial charge in [-0.15, -0.1) is 0 Å². The highest BCUT2D eigenvalue weighted by Crippen LogP contribution is 2.24. The molecule has 0 aliphatic carbocycles. The zero-order valence-corrected chi connectivity index (χ0v) is 10.9. The summed E-state index contributed by atoms with van der Waals surface area (Å²) in [5.74, 6) is -1.36. The molecule has 0 fully saturated rings. The Hall–Kier alpha value is -2.55. The average Bonchev–Trinajstić information content (AvgIpc) is 2.91. The van der Waals surface area contributed by atoms with Crippen LogP contribution in [0.2, 0.25) is 0 Å². The highest BCUT2D eigenvalue weighted by molar-refractivity contribution is 7.92. The summed E-state index contributed by atoms with van der Waals surface area (Å²) in [6.07, 6.45) is 2.27. The van der Waals surface area contributed by atoms with Gasteiger partial charge < -0.3 is 15.2 Å². The minimum atomic E-state index is -4.07. The molecule has 0 aliphatic rings. The number of phenolic OH excluding ortho intramolecular Hbond substituents is 1. The van der Waals surface area contributed by atoms with Crippen LogP contribution >= 0.6 is 0 Å². The van der Waals surface area contributed by atoms with Crippen LogP contribution in [0.25, 0.3) is 0 Å². The van der Waals surface area contributed by atoms with E-state index in [9.17, 15) is 18.3 Å². The topological polar surface area (TPSA) is 124 Å². The summed E-state index contributed by atoms with van der Waals surface area (Å²) < 4.78 is 25.4. The van der Waals surface area contributed by atoms with Crippen LogP contribution in [0.3, 0.4) is 0 Å².